The van der Waals surface area contributed by atoms with E-state index in [-0.39, 0.29) is 0 Å². The van der Waals surface area contributed by atoms with Crippen LogP contribution in [0.2, 0.25) is 0 Å². The minimum atomic E-state index is -5.34. The Hall–Kier alpha value is -0.350. The molecule has 0 bridgehead atoms. The van der Waals surface area contributed by atoms with E-state index in [4.69, 9.17) is 0 Å². The van der Waals surface area contributed by atoms with E-state index in [0.29, 0.717) is 0 Å². The third kappa shape index (κ3) is 6.78. The van der Waals surface area contributed by atoms with Gasteiger partial charge in [0.2, 0.25) is 0 Å². The van der Waals surface area contributed by atoms with E-state index in [2.05, 4.69) is 8.37 Å². The van der Waals surface area contributed by atoms with E-state index in [9.17, 15) is 30.6 Å². The summed E-state index contributed by atoms with van der Waals surface area (Å²) in [6.45, 7) is 0. The first kappa shape index (κ1) is 12.7. The lowest BCUT2D eigenvalue weighted by molar-refractivity contribution is -0.274. The summed E-state index contributed by atoms with van der Waals surface area (Å²) >= 11 is -3.62. The lowest BCUT2D eigenvalue weighted by Crippen LogP contribution is -2.23. The van der Waals surface area contributed by atoms with Gasteiger partial charge in [-0.2, -0.15) is 8.39 Å². The summed E-state index contributed by atoms with van der Waals surface area (Å²) in [6, 6.07) is 0. The molecule has 0 aromatic carbocycles. The highest BCUT2D eigenvalue weighted by atomic mass is 32.2. The fourth-order valence-electron chi connectivity index (χ4n) is 0.214. The molecule has 0 aliphatic rings. The van der Waals surface area contributed by atoms with Gasteiger partial charge in [-0.3, -0.25) is 0 Å². The van der Waals surface area contributed by atoms with Crippen LogP contribution in [-0.2, 0) is 19.7 Å². The molecule has 10 heteroatoms. The number of rotatable bonds is 4. The lowest BCUT2D eigenvalue weighted by atomic mass is 10.7. The largest absolute Gasteiger partial charge is 0.537 e. The molecule has 0 fully saturated rings. The molecule has 0 rings (SSSR count). The smallest absolute Gasteiger partial charge is 0.225 e. The molecule has 13 heavy (non-hydrogen) atoms. The molecule has 0 spiro atoms. The van der Waals surface area contributed by atoms with Crippen LogP contribution >= 0.6 is 0 Å². The molecule has 0 heterocycles. The van der Waals surface area contributed by atoms with E-state index in [1.807, 2.05) is 0 Å². The van der Waals surface area contributed by atoms with Gasteiger partial charge in [0, 0.05) is 0 Å². The summed E-state index contributed by atoms with van der Waals surface area (Å²) in [4.78, 5) is 0. The number of hydrogen-bond acceptors (Lipinski definition) is 3. The van der Waals surface area contributed by atoms with Crippen LogP contribution in [0.15, 0.2) is 0 Å². The topological polar surface area (TPSA) is 35.5 Å². The van der Waals surface area contributed by atoms with Crippen LogP contribution in [0.1, 0.15) is 0 Å². The van der Waals surface area contributed by atoms with Crippen LogP contribution in [0.5, 0.6) is 0 Å². The third-order valence-corrected chi connectivity index (χ3v) is 1.20. The minimum absolute atomic E-state index is 2.54. The number of halogens is 6. The molecule has 2 unspecified atom stereocenters. The van der Waals surface area contributed by atoms with Crippen molar-refractivity contribution in [1.29, 1.82) is 0 Å². The van der Waals surface area contributed by atoms with Gasteiger partial charge in [-0.1, -0.05) is 0 Å². The molecule has 0 radical (unpaired) electrons. The van der Waals surface area contributed by atoms with Gasteiger partial charge < -0.3 is 0 Å². The van der Waals surface area contributed by atoms with Crippen molar-refractivity contribution in [3.63, 3.8) is 0 Å². The predicted octanol–water partition coefficient (Wildman–Crippen LogP) is 1.68. The van der Waals surface area contributed by atoms with Crippen molar-refractivity contribution in [2.75, 3.05) is 0 Å². The van der Waals surface area contributed by atoms with Crippen molar-refractivity contribution in [2.24, 2.45) is 0 Å². The molecule has 0 aromatic rings. The van der Waals surface area contributed by atoms with Crippen LogP contribution in [0.3, 0.4) is 0 Å². The minimum Gasteiger partial charge on any atom is -0.225 e. The van der Waals surface area contributed by atoms with Crippen LogP contribution in [0.25, 0.3) is 0 Å². The third-order valence-electron chi connectivity index (χ3n) is 0.531. The maximum absolute atomic E-state index is 11.7. The second-order valence-electron chi connectivity index (χ2n) is 1.52. The Labute approximate surface area is 70.5 Å². The van der Waals surface area contributed by atoms with Crippen LogP contribution in [-0.4, -0.2) is 23.4 Å². The monoisotopic (exact) mass is 232 g/mol. The van der Waals surface area contributed by atoms with Crippen molar-refractivity contribution >= 4 is 11.4 Å². The van der Waals surface area contributed by atoms with E-state index in [1.54, 1.807) is 0 Å². The van der Waals surface area contributed by atoms with Gasteiger partial charge in [0.25, 0.3) is 12.8 Å². The van der Waals surface area contributed by atoms with E-state index in [1.165, 1.54) is 0 Å². The second-order valence-corrected chi connectivity index (χ2v) is 2.28. The van der Waals surface area contributed by atoms with Crippen molar-refractivity contribution in [2.45, 2.75) is 19.1 Å². The summed E-state index contributed by atoms with van der Waals surface area (Å²) in [6.07, 6.45) is -12.4. The first-order valence-electron chi connectivity index (χ1n) is 2.49. The standard InChI is InChI=1S/C3H2F6O3S/c4-1(5)2(6)11-13(10)12-3(7,8)9/h1-2H. The van der Waals surface area contributed by atoms with Crippen molar-refractivity contribution in [1.82, 2.24) is 0 Å². The van der Waals surface area contributed by atoms with Gasteiger partial charge in [-0.15, -0.1) is 13.2 Å². The summed E-state index contributed by atoms with van der Waals surface area (Å²) in [5, 5.41) is 0. The molecule has 0 amide bonds. The average molecular weight is 232 g/mol. The molecule has 0 aliphatic carbocycles. The van der Waals surface area contributed by atoms with Crippen molar-refractivity contribution in [3.8, 4) is 0 Å². The number of hydrogen-bond donors (Lipinski definition) is 0. The molecular weight excluding hydrogens is 230 g/mol. The van der Waals surface area contributed by atoms with Crippen LogP contribution in [0, 0.1) is 0 Å². The maximum Gasteiger partial charge on any atom is 0.537 e. The Morgan fingerprint density at radius 2 is 1.62 bits per heavy atom. The molecule has 0 N–H and O–H groups in total. The van der Waals surface area contributed by atoms with Gasteiger partial charge in [0.1, 0.15) is 0 Å². The molecule has 0 aromatic heterocycles. The Morgan fingerprint density at radius 1 is 1.15 bits per heavy atom. The molecule has 80 valence electrons. The highest BCUT2D eigenvalue weighted by Crippen LogP contribution is 2.20. The zero-order valence-electron chi connectivity index (χ0n) is 5.56. The summed E-state index contributed by atoms with van der Waals surface area (Å²) < 4.78 is 83.2. The van der Waals surface area contributed by atoms with E-state index in [0.717, 1.165) is 0 Å². The normalized spacial score (nSPS) is 17.5. The Balaban J connectivity index is 3.89. The van der Waals surface area contributed by atoms with Gasteiger partial charge in [0.05, 0.1) is 0 Å². The average Bonchev–Trinajstić information content (AvgIpc) is 1.81. The van der Waals surface area contributed by atoms with Gasteiger partial charge in [-0.25, -0.2) is 17.4 Å². The Morgan fingerprint density at radius 3 is 1.92 bits per heavy atom. The van der Waals surface area contributed by atoms with E-state index < -0.39 is 30.5 Å². The summed E-state index contributed by atoms with van der Waals surface area (Å²) in [5.41, 5.74) is 0. The molecular formula is C3H2F6O3S. The van der Waals surface area contributed by atoms with Crippen molar-refractivity contribution < 1.29 is 38.9 Å². The van der Waals surface area contributed by atoms with Gasteiger partial charge in [0.15, 0.2) is 0 Å². The fraction of sp³-hybridized carbons (Fsp3) is 1.00. The first-order chi connectivity index (χ1) is 5.72. The van der Waals surface area contributed by atoms with E-state index >= 15 is 0 Å². The Kier molecular flexibility index (Phi) is 4.64. The summed E-state index contributed by atoms with van der Waals surface area (Å²) in [5.74, 6) is 0. The van der Waals surface area contributed by atoms with Crippen LogP contribution in [0.4, 0.5) is 26.3 Å². The highest BCUT2D eigenvalue weighted by molar-refractivity contribution is 7.75. The first-order valence-corrected chi connectivity index (χ1v) is 3.49. The molecule has 0 saturated carbocycles. The number of alkyl halides is 6. The zero-order chi connectivity index (χ0) is 10.6. The predicted molar refractivity (Wildman–Crippen MR) is 27.3 cm³/mol. The van der Waals surface area contributed by atoms with Gasteiger partial charge in [-0.05, 0) is 0 Å². The van der Waals surface area contributed by atoms with Gasteiger partial charge >= 0.3 is 17.7 Å². The quantitative estimate of drug-likeness (QED) is 0.692. The molecule has 0 aliphatic heterocycles. The lowest BCUT2D eigenvalue weighted by Gasteiger charge is -2.08. The maximum atomic E-state index is 11.7. The Bertz CT molecular complexity index is 180. The highest BCUT2D eigenvalue weighted by Gasteiger charge is 2.35. The van der Waals surface area contributed by atoms with Crippen LogP contribution < -0.4 is 0 Å². The summed E-state index contributed by atoms with van der Waals surface area (Å²) in [7, 11) is 0. The molecule has 2 atom stereocenters. The zero-order valence-corrected chi connectivity index (χ0v) is 6.37. The fourth-order valence-corrected chi connectivity index (χ4v) is 0.642. The molecule has 3 nitrogen and oxygen atoms in total. The molecule has 0 saturated heterocycles. The van der Waals surface area contributed by atoms with Crippen molar-refractivity contribution in [3.05, 3.63) is 0 Å². The SMILES string of the molecule is O=S(OC(F)C(F)F)OC(F)(F)F. The second kappa shape index (κ2) is 4.77.